The summed E-state index contributed by atoms with van der Waals surface area (Å²) >= 11 is 2.65. The number of methoxy groups -OCH3 is 1. The predicted molar refractivity (Wildman–Crippen MR) is 92.9 cm³/mol. The molecule has 0 bridgehead atoms. The molecule has 0 amide bonds. The number of Topliss-reactive ketones (excluding diaryl/α,β-unsaturated/α-hetero) is 1. The SMILES string of the molecule is COc1ccc(C(=O)CSc2nc3ccsc3c(=O)n2C)cc1. The number of carbonyl (C=O) groups is 1. The van der Waals surface area contributed by atoms with E-state index in [1.54, 1.807) is 38.4 Å². The Kier molecular flexibility index (Phi) is 4.49. The van der Waals surface area contributed by atoms with Crippen LogP contribution in [0.3, 0.4) is 0 Å². The van der Waals surface area contributed by atoms with E-state index in [4.69, 9.17) is 4.74 Å². The van der Waals surface area contributed by atoms with Gasteiger partial charge in [-0.25, -0.2) is 4.98 Å². The summed E-state index contributed by atoms with van der Waals surface area (Å²) in [5.74, 6) is 0.918. The standard InChI is InChI=1S/C16H14N2O3S2/c1-18-15(20)14-12(7-8-22-14)17-16(18)23-9-13(19)10-3-5-11(21-2)6-4-10/h3-8H,9H2,1-2H3. The molecule has 0 saturated carbocycles. The molecule has 0 aliphatic heterocycles. The molecule has 0 saturated heterocycles. The molecule has 23 heavy (non-hydrogen) atoms. The van der Waals surface area contributed by atoms with Gasteiger partial charge in [-0.3, -0.25) is 14.2 Å². The largest absolute Gasteiger partial charge is 0.497 e. The highest BCUT2D eigenvalue weighted by atomic mass is 32.2. The number of fused-ring (bicyclic) bond motifs is 1. The molecule has 1 aromatic carbocycles. The van der Waals surface area contributed by atoms with Crippen molar-refractivity contribution in [1.82, 2.24) is 9.55 Å². The van der Waals surface area contributed by atoms with Gasteiger partial charge in [0.05, 0.1) is 18.4 Å². The predicted octanol–water partition coefficient (Wildman–Crippen LogP) is 2.98. The molecule has 0 atom stereocenters. The second-order valence-corrected chi connectivity index (χ2v) is 6.69. The summed E-state index contributed by atoms with van der Waals surface area (Å²) in [4.78, 5) is 28.9. The first kappa shape index (κ1) is 15.8. The normalized spacial score (nSPS) is 10.9. The number of aromatic nitrogens is 2. The Labute approximate surface area is 140 Å². The van der Waals surface area contributed by atoms with Gasteiger partial charge in [0.1, 0.15) is 10.4 Å². The number of rotatable bonds is 5. The maximum absolute atomic E-state index is 12.3. The van der Waals surface area contributed by atoms with E-state index < -0.39 is 0 Å². The highest BCUT2D eigenvalue weighted by Gasteiger charge is 2.12. The van der Waals surface area contributed by atoms with Crippen LogP contribution in [0.15, 0.2) is 45.7 Å². The van der Waals surface area contributed by atoms with Crippen molar-refractivity contribution in [2.75, 3.05) is 12.9 Å². The summed E-state index contributed by atoms with van der Waals surface area (Å²) in [6, 6.07) is 8.79. The molecule has 2 aromatic heterocycles. The zero-order chi connectivity index (χ0) is 16.4. The number of thiophene rings is 1. The van der Waals surface area contributed by atoms with Crippen molar-refractivity contribution in [3.8, 4) is 5.75 Å². The summed E-state index contributed by atoms with van der Waals surface area (Å²) in [6.07, 6.45) is 0. The fourth-order valence-electron chi connectivity index (χ4n) is 2.09. The molecular formula is C16H14N2O3S2. The van der Waals surface area contributed by atoms with Crippen molar-refractivity contribution >= 4 is 39.1 Å². The number of hydrogen-bond acceptors (Lipinski definition) is 6. The average Bonchev–Trinajstić information content (AvgIpc) is 3.05. The van der Waals surface area contributed by atoms with Crippen molar-refractivity contribution in [2.45, 2.75) is 5.16 Å². The van der Waals surface area contributed by atoms with E-state index in [1.165, 1.54) is 27.7 Å². The van der Waals surface area contributed by atoms with Crippen molar-refractivity contribution in [3.05, 3.63) is 51.6 Å². The van der Waals surface area contributed by atoms with Crippen molar-refractivity contribution in [3.63, 3.8) is 0 Å². The molecule has 0 N–H and O–H groups in total. The first-order chi connectivity index (χ1) is 11.1. The number of carbonyl (C=O) groups excluding carboxylic acids is 1. The van der Waals surface area contributed by atoms with Gasteiger partial charge in [0, 0.05) is 12.6 Å². The third-order valence-electron chi connectivity index (χ3n) is 3.39. The zero-order valence-corrected chi connectivity index (χ0v) is 14.2. The Bertz CT molecular complexity index is 913. The molecule has 0 unspecified atom stereocenters. The van der Waals surface area contributed by atoms with Crippen LogP contribution in [0.2, 0.25) is 0 Å². The number of hydrogen-bond donors (Lipinski definition) is 0. The molecule has 2 heterocycles. The Balaban J connectivity index is 1.78. The molecule has 5 nitrogen and oxygen atoms in total. The third-order valence-corrected chi connectivity index (χ3v) is 5.31. The van der Waals surface area contributed by atoms with Gasteiger partial charge in [0.15, 0.2) is 10.9 Å². The summed E-state index contributed by atoms with van der Waals surface area (Å²) in [5, 5.41) is 2.39. The van der Waals surface area contributed by atoms with Crippen molar-refractivity contribution < 1.29 is 9.53 Å². The van der Waals surface area contributed by atoms with Crippen LogP contribution in [-0.4, -0.2) is 28.2 Å². The molecule has 3 rings (SSSR count). The number of nitrogens with zero attached hydrogens (tertiary/aromatic N) is 2. The van der Waals surface area contributed by atoms with Gasteiger partial charge in [-0.15, -0.1) is 11.3 Å². The lowest BCUT2D eigenvalue weighted by Crippen LogP contribution is -2.19. The van der Waals surface area contributed by atoms with Gasteiger partial charge < -0.3 is 4.74 Å². The number of ketones is 1. The van der Waals surface area contributed by atoms with E-state index in [-0.39, 0.29) is 17.1 Å². The molecule has 0 radical (unpaired) electrons. The average molecular weight is 346 g/mol. The number of ether oxygens (including phenoxy) is 1. The molecular weight excluding hydrogens is 332 g/mol. The van der Waals surface area contributed by atoms with E-state index >= 15 is 0 Å². The van der Waals surface area contributed by atoms with Crippen LogP contribution < -0.4 is 10.3 Å². The van der Waals surface area contributed by atoms with Gasteiger partial charge in [-0.2, -0.15) is 0 Å². The first-order valence-electron chi connectivity index (χ1n) is 6.84. The quantitative estimate of drug-likeness (QED) is 0.404. The zero-order valence-electron chi connectivity index (χ0n) is 12.6. The van der Waals surface area contributed by atoms with Crippen molar-refractivity contribution in [2.24, 2.45) is 7.05 Å². The monoisotopic (exact) mass is 346 g/mol. The highest BCUT2D eigenvalue weighted by Crippen LogP contribution is 2.21. The van der Waals surface area contributed by atoms with Crippen LogP contribution in [0.5, 0.6) is 5.75 Å². The smallest absolute Gasteiger partial charge is 0.271 e. The molecule has 0 fully saturated rings. The van der Waals surface area contributed by atoms with Gasteiger partial charge in [0.2, 0.25) is 0 Å². The highest BCUT2D eigenvalue weighted by molar-refractivity contribution is 7.99. The second-order valence-electron chi connectivity index (χ2n) is 4.83. The van der Waals surface area contributed by atoms with Crippen LogP contribution in [0.25, 0.3) is 10.2 Å². The minimum Gasteiger partial charge on any atom is -0.497 e. The molecule has 3 aromatic rings. The van der Waals surface area contributed by atoms with Crippen LogP contribution in [0.4, 0.5) is 0 Å². The number of thioether (sulfide) groups is 1. The Morgan fingerprint density at radius 1 is 1.30 bits per heavy atom. The summed E-state index contributed by atoms with van der Waals surface area (Å²) in [7, 11) is 3.26. The third kappa shape index (κ3) is 3.16. The first-order valence-corrected chi connectivity index (χ1v) is 8.71. The second kappa shape index (κ2) is 6.55. The molecule has 118 valence electrons. The molecule has 0 aliphatic carbocycles. The van der Waals surface area contributed by atoms with E-state index in [0.717, 1.165) is 0 Å². The fourth-order valence-corrected chi connectivity index (χ4v) is 3.76. The summed E-state index contributed by atoms with van der Waals surface area (Å²) < 4.78 is 7.20. The minimum absolute atomic E-state index is 0.0164. The lowest BCUT2D eigenvalue weighted by molar-refractivity contribution is 0.102. The summed E-state index contributed by atoms with van der Waals surface area (Å²) in [6.45, 7) is 0. The maximum atomic E-state index is 12.3. The van der Waals surface area contributed by atoms with Gasteiger partial charge >= 0.3 is 0 Å². The van der Waals surface area contributed by atoms with Crippen LogP contribution in [0, 0.1) is 0 Å². The fraction of sp³-hybridized carbons (Fsp3) is 0.188. The Hall–Kier alpha value is -2.12. The van der Waals surface area contributed by atoms with E-state index in [2.05, 4.69) is 4.98 Å². The van der Waals surface area contributed by atoms with E-state index in [0.29, 0.717) is 26.7 Å². The van der Waals surface area contributed by atoms with Crippen LogP contribution >= 0.6 is 23.1 Å². The van der Waals surface area contributed by atoms with Gasteiger partial charge in [0.25, 0.3) is 5.56 Å². The van der Waals surface area contributed by atoms with E-state index in [1.807, 2.05) is 11.4 Å². The van der Waals surface area contributed by atoms with Crippen LogP contribution in [0.1, 0.15) is 10.4 Å². The van der Waals surface area contributed by atoms with Crippen LogP contribution in [-0.2, 0) is 7.05 Å². The number of benzene rings is 1. The Morgan fingerprint density at radius 2 is 2.04 bits per heavy atom. The van der Waals surface area contributed by atoms with Gasteiger partial charge in [-0.05, 0) is 35.7 Å². The Morgan fingerprint density at radius 3 is 2.74 bits per heavy atom. The lowest BCUT2D eigenvalue weighted by Gasteiger charge is -2.07. The summed E-state index contributed by atoms with van der Waals surface area (Å²) in [5.41, 5.74) is 1.21. The minimum atomic E-state index is -0.0793. The molecule has 0 aliphatic rings. The van der Waals surface area contributed by atoms with Crippen molar-refractivity contribution in [1.29, 1.82) is 0 Å². The van der Waals surface area contributed by atoms with Gasteiger partial charge in [-0.1, -0.05) is 11.8 Å². The maximum Gasteiger partial charge on any atom is 0.271 e. The van der Waals surface area contributed by atoms with E-state index in [9.17, 15) is 9.59 Å². The molecule has 7 heteroatoms. The lowest BCUT2D eigenvalue weighted by atomic mass is 10.1. The topological polar surface area (TPSA) is 61.2 Å². The molecule has 0 spiro atoms.